The predicted octanol–water partition coefficient (Wildman–Crippen LogP) is 3.70. The quantitative estimate of drug-likeness (QED) is 0.616. The summed E-state index contributed by atoms with van der Waals surface area (Å²) in [7, 11) is 0. The smallest absolute Gasteiger partial charge is 0.258 e. The molecule has 1 amide bonds. The van der Waals surface area contributed by atoms with E-state index in [0.29, 0.717) is 49.0 Å². The summed E-state index contributed by atoms with van der Waals surface area (Å²) < 4.78 is 5.83. The molecule has 1 fully saturated rings. The molecule has 1 aromatic heterocycles. The molecule has 156 valence electrons. The third-order valence-corrected chi connectivity index (χ3v) is 5.77. The van der Waals surface area contributed by atoms with Crippen LogP contribution in [0.3, 0.4) is 0 Å². The Kier molecular flexibility index (Phi) is 5.20. The maximum atomic E-state index is 13.2. The fraction of sp³-hybridized carbons (Fsp3) is 0.280. The molecule has 0 spiro atoms. The molecule has 1 saturated carbocycles. The first-order valence-electron chi connectivity index (χ1n) is 10.6. The average Bonchev–Trinajstić information content (AvgIpc) is 3.65. The largest absolute Gasteiger partial charge is 0.491 e. The van der Waals surface area contributed by atoms with Gasteiger partial charge in [0.1, 0.15) is 24.0 Å². The van der Waals surface area contributed by atoms with Crippen molar-refractivity contribution in [1.29, 1.82) is 0 Å². The monoisotopic (exact) mass is 413 g/mol. The van der Waals surface area contributed by atoms with Crippen LogP contribution in [-0.2, 0) is 17.8 Å². The van der Waals surface area contributed by atoms with E-state index in [1.54, 1.807) is 23.4 Å². The van der Waals surface area contributed by atoms with Gasteiger partial charge in [-0.2, -0.15) is 0 Å². The zero-order chi connectivity index (χ0) is 21.2. The van der Waals surface area contributed by atoms with Gasteiger partial charge in [-0.05, 0) is 47.7 Å². The number of benzene rings is 2. The number of rotatable bonds is 6. The molecule has 0 N–H and O–H groups in total. The fourth-order valence-electron chi connectivity index (χ4n) is 3.84. The lowest BCUT2D eigenvalue weighted by Gasteiger charge is -2.19. The van der Waals surface area contributed by atoms with Crippen molar-refractivity contribution in [1.82, 2.24) is 14.9 Å². The second-order valence-corrected chi connectivity index (χ2v) is 8.07. The Bertz CT molecular complexity index is 1110. The highest BCUT2D eigenvalue weighted by molar-refractivity contribution is 5.98. The van der Waals surface area contributed by atoms with Crippen molar-refractivity contribution in [3.8, 4) is 16.9 Å². The molecule has 5 rings (SSSR count). The molecule has 0 saturated heterocycles. The van der Waals surface area contributed by atoms with Crippen LogP contribution < -0.4 is 4.74 Å². The van der Waals surface area contributed by atoms with Gasteiger partial charge < -0.3 is 9.64 Å². The van der Waals surface area contributed by atoms with Crippen LogP contribution in [0.15, 0.2) is 60.9 Å². The number of ketones is 1. The van der Waals surface area contributed by atoms with Crippen LogP contribution in [0.2, 0.25) is 0 Å². The third kappa shape index (κ3) is 4.33. The Morgan fingerprint density at radius 2 is 1.77 bits per heavy atom. The summed E-state index contributed by atoms with van der Waals surface area (Å²) in [6.07, 6.45) is 5.92. The molecule has 0 bridgehead atoms. The van der Waals surface area contributed by atoms with Gasteiger partial charge in [0, 0.05) is 24.7 Å². The van der Waals surface area contributed by atoms with Gasteiger partial charge in [0.2, 0.25) is 0 Å². The fourth-order valence-corrected chi connectivity index (χ4v) is 3.84. The summed E-state index contributed by atoms with van der Waals surface area (Å²) in [5.41, 5.74) is 3.51. The molecule has 2 aliphatic rings. The van der Waals surface area contributed by atoms with E-state index in [4.69, 9.17) is 4.74 Å². The van der Waals surface area contributed by atoms with E-state index >= 15 is 0 Å². The molecule has 2 aromatic carbocycles. The van der Waals surface area contributed by atoms with Gasteiger partial charge in [-0.15, -0.1) is 0 Å². The number of fused-ring (bicyclic) bond motifs is 1. The van der Waals surface area contributed by atoms with Crippen LogP contribution in [0.4, 0.5) is 0 Å². The molecule has 2 heterocycles. The number of Topliss-reactive ketones (excluding diaryl/α,β-unsaturated/α-hetero) is 1. The lowest BCUT2D eigenvalue weighted by molar-refractivity contribution is -0.119. The molecule has 1 aliphatic heterocycles. The number of nitrogens with zero attached hydrogens (tertiary/aromatic N) is 3. The second kappa shape index (κ2) is 8.30. The number of aromatic nitrogens is 2. The van der Waals surface area contributed by atoms with E-state index in [1.807, 2.05) is 42.5 Å². The van der Waals surface area contributed by atoms with E-state index in [0.717, 1.165) is 29.5 Å². The van der Waals surface area contributed by atoms with E-state index in [1.165, 1.54) is 0 Å². The van der Waals surface area contributed by atoms with E-state index in [-0.39, 0.29) is 11.8 Å². The standard InChI is InChI=1S/C25H23N3O3/c29-22(19-6-7-19)14-17-2-4-18(5-3-17)20-8-9-23-21(15-20)25(30)28(12-13-31-23)16-24-26-10-1-11-27-24/h1-5,8-11,15,19H,6-7,12-14,16H2. The molecule has 6 nitrogen and oxygen atoms in total. The molecule has 3 aromatic rings. The molecular formula is C25H23N3O3. The van der Waals surface area contributed by atoms with E-state index in [2.05, 4.69) is 9.97 Å². The van der Waals surface area contributed by atoms with Crippen LogP contribution in [0.5, 0.6) is 5.75 Å². The first-order valence-corrected chi connectivity index (χ1v) is 10.6. The van der Waals surface area contributed by atoms with Crippen molar-refractivity contribution < 1.29 is 14.3 Å². The number of ether oxygens (including phenoxy) is 1. The maximum absolute atomic E-state index is 13.2. The molecule has 6 heteroatoms. The summed E-state index contributed by atoms with van der Waals surface area (Å²) in [5, 5.41) is 0. The summed E-state index contributed by atoms with van der Waals surface area (Å²) in [6.45, 7) is 1.25. The van der Waals surface area contributed by atoms with Crippen molar-refractivity contribution in [3.05, 3.63) is 77.9 Å². The van der Waals surface area contributed by atoms with Gasteiger partial charge >= 0.3 is 0 Å². The van der Waals surface area contributed by atoms with E-state index in [9.17, 15) is 9.59 Å². The Morgan fingerprint density at radius 1 is 1.03 bits per heavy atom. The number of hydrogen-bond acceptors (Lipinski definition) is 5. The second-order valence-electron chi connectivity index (χ2n) is 8.07. The minimum absolute atomic E-state index is 0.0894. The minimum Gasteiger partial charge on any atom is -0.491 e. The summed E-state index contributed by atoms with van der Waals surface area (Å²) in [5.74, 6) is 1.72. The van der Waals surface area contributed by atoms with Gasteiger partial charge in [-0.1, -0.05) is 30.3 Å². The van der Waals surface area contributed by atoms with Crippen molar-refractivity contribution in [2.45, 2.75) is 25.8 Å². The predicted molar refractivity (Wildman–Crippen MR) is 116 cm³/mol. The first kappa shape index (κ1) is 19.4. The first-order chi connectivity index (χ1) is 15.2. The summed E-state index contributed by atoms with van der Waals surface area (Å²) in [6, 6.07) is 15.5. The molecule has 0 radical (unpaired) electrons. The summed E-state index contributed by atoms with van der Waals surface area (Å²) in [4.78, 5) is 35.5. The third-order valence-electron chi connectivity index (χ3n) is 5.77. The van der Waals surface area contributed by atoms with Crippen molar-refractivity contribution in [2.24, 2.45) is 5.92 Å². The van der Waals surface area contributed by atoms with Gasteiger partial charge in [0.05, 0.1) is 18.7 Å². The Morgan fingerprint density at radius 3 is 2.52 bits per heavy atom. The minimum atomic E-state index is -0.0894. The number of carbonyl (C=O) groups excluding carboxylic acids is 2. The van der Waals surface area contributed by atoms with Gasteiger partial charge in [0.15, 0.2) is 0 Å². The van der Waals surface area contributed by atoms with Gasteiger partial charge in [-0.3, -0.25) is 9.59 Å². The zero-order valence-corrected chi connectivity index (χ0v) is 17.2. The summed E-state index contributed by atoms with van der Waals surface area (Å²) >= 11 is 0. The normalized spacial score (nSPS) is 15.7. The molecule has 0 atom stereocenters. The molecule has 0 unspecified atom stereocenters. The average molecular weight is 413 g/mol. The van der Waals surface area contributed by atoms with Crippen LogP contribution in [-0.4, -0.2) is 39.7 Å². The topological polar surface area (TPSA) is 72.4 Å². The highest BCUT2D eigenvalue weighted by Gasteiger charge is 2.29. The number of carbonyl (C=O) groups is 2. The molecular weight excluding hydrogens is 390 g/mol. The van der Waals surface area contributed by atoms with Crippen LogP contribution in [0.25, 0.3) is 11.1 Å². The molecule has 1 aliphatic carbocycles. The van der Waals surface area contributed by atoms with Crippen molar-refractivity contribution >= 4 is 11.7 Å². The lowest BCUT2D eigenvalue weighted by Crippen LogP contribution is -2.32. The van der Waals surface area contributed by atoms with Crippen LogP contribution in [0, 0.1) is 5.92 Å². The Balaban J connectivity index is 1.37. The zero-order valence-electron chi connectivity index (χ0n) is 17.2. The highest BCUT2D eigenvalue weighted by atomic mass is 16.5. The Hall–Kier alpha value is -3.54. The number of hydrogen-bond donors (Lipinski definition) is 0. The highest BCUT2D eigenvalue weighted by Crippen LogP contribution is 2.32. The van der Waals surface area contributed by atoms with Crippen LogP contribution in [0.1, 0.15) is 34.6 Å². The van der Waals surface area contributed by atoms with Gasteiger partial charge in [0.25, 0.3) is 5.91 Å². The van der Waals surface area contributed by atoms with Crippen molar-refractivity contribution in [3.63, 3.8) is 0 Å². The van der Waals surface area contributed by atoms with Crippen molar-refractivity contribution in [2.75, 3.05) is 13.2 Å². The Labute approximate surface area is 180 Å². The lowest BCUT2D eigenvalue weighted by atomic mass is 9.99. The van der Waals surface area contributed by atoms with E-state index < -0.39 is 0 Å². The van der Waals surface area contributed by atoms with Crippen LogP contribution >= 0.6 is 0 Å². The maximum Gasteiger partial charge on any atom is 0.258 e. The SMILES string of the molecule is O=C(Cc1ccc(-c2ccc3c(c2)C(=O)N(Cc2ncccn2)CCO3)cc1)C1CC1. The number of amides is 1. The van der Waals surface area contributed by atoms with Gasteiger partial charge in [-0.25, -0.2) is 9.97 Å². The molecule has 31 heavy (non-hydrogen) atoms.